The minimum Gasteiger partial charge on any atom is -0.376 e. The first-order valence-electron chi connectivity index (χ1n) is 8.60. The van der Waals surface area contributed by atoms with Crippen molar-refractivity contribution in [2.24, 2.45) is 21.5 Å². The molecule has 1 spiro atoms. The van der Waals surface area contributed by atoms with Crippen LogP contribution in [0, 0.1) is 10.1 Å². The molecule has 1 aliphatic heterocycles. The summed E-state index contributed by atoms with van der Waals surface area (Å²) >= 11 is 0. The fraction of sp³-hybridized carbons (Fsp3) is 0.412. The predicted molar refractivity (Wildman–Crippen MR) is 103 cm³/mol. The van der Waals surface area contributed by atoms with Crippen LogP contribution in [0.1, 0.15) is 32.1 Å². The van der Waals surface area contributed by atoms with Crippen LogP contribution in [-0.4, -0.2) is 29.1 Å². The minimum absolute atomic E-state index is 0.0364. The monoisotopic (exact) mass is 357 g/mol. The van der Waals surface area contributed by atoms with Crippen molar-refractivity contribution in [1.29, 1.82) is 0 Å². The first-order chi connectivity index (χ1) is 12.5. The number of guanidine groups is 2. The molecule has 0 saturated heterocycles. The number of anilines is 2. The van der Waals surface area contributed by atoms with Crippen molar-refractivity contribution in [3.63, 3.8) is 0 Å². The molecule has 1 fully saturated rings. The Kier molecular flexibility index (Phi) is 4.79. The summed E-state index contributed by atoms with van der Waals surface area (Å²) in [5.74, 6) is 0.361. The van der Waals surface area contributed by atoms with E-state index in [0.717, 1.165) is 32.1 Å². The number of hydrogen-bond donors (Lipinski definition) is 3. The van der Waals surface area contributed by atoms with E-state index in [-0.39, 0.29) is 17.6 Å². The molecule has 0 radical (unpaired) electrons. The average molecular weight is 357 g/mol. The molecule has 1 aromatic carbocycles. The molecule has 0 aromatic heterocycles. The van der Waals surface area contributed by atoms with Crippen molar-refractivity contribution >= 4 is 29.0 Å². The Morgan fingerprint density at radius 3 is 2.73 bits per heavy atom. The van der Waals surface area contributed by atoms with Crippen LogP contribution in [0.25, 0.3) is 0 Å². The van der Waals surface area contributed by atoms with Gasteiger partial charge in [-0.2, -0.15) is 4.99 Å². The van der Waals surface area contributed by atoms with Crippen LogP contribution in [-0.2, 0) is 0 Å². The maximum atomic E-state index is 11.5. The smallest absolute Gasteiger partial charge is 0.294 e. The summed E-state index contributed by atoms with van der Waals surface area (Å²) in [4.78, 5) is 21.6. The number of nitrogens with one attached hydrogen (secondary N) is 1. The maximum absolute atomic E-state index is 11.5. The van der Waals surface area contributed by atoms with Crippen LogP contribution in [0.2, 0.25) is 0 Å². The molecule has 138 valence electrons. The lowest BCUT2D eigenvalue weighted by Crippen LogP contribution is -2.58. The number of benzene rings is 1. The zero-order chi connectivity index (χ0) is 18.7. The van der Waals surface area contributed by atoms with Crippen LogP contribution in [0.15, 0.2) is 40.8 Å². The third-order valence-corrected chi connectivity index (χ3v) is 4.72. The molecule has 5 N–H and O–H groups in total. The molecule has 1 saturated carbocycles. The normalized spacial score (nSPS) is 18.8. The van der Waals surface area contributed by atoms with Gasteiger partial charge in [-0.1, -0.05) is 12.5 Å². The van der Waals surface area contributed by atoms with Gasteiger partial charge < -0.3 is 16.8 Å². The molecule has 1 aromatic rings. The molecule has 0 amide bonds. The lowest BCUT2D eigenvalue weighted by molar-refractivity contribution is -0.383. The van der Waals surface area contributed by atoms with E-state index in [1.54, 1.807) is 23.1 Å². The standard InChI is InChI=1S/C17H23N7O2/c1-2-10-20-13-7-6-12(11-14(13)24(25)26)23-16(19)21-15(18)22-17(23)8-4-3-5-9-17/h2,6-7,11,20H,1,3-5,8-10H2,(H4,18,19,21,22). The highest BCUT2D eigenvalue weighted by Gasteiger charge is 2.43. The molecule has 0 unspecified atom stereocenters. The number of aliphatic imine (C=N–C) groups is 2. The third kappa shape index (κ3) is 3.19. The summed E-state index contributed by atoms with van der Waals surface area (Å²) in [5.41, 5.74) is 12.4. The quantitative estimate of drug-likeness (QED) is 0.420. The molecule has 26 heavy (non-hydrogen) atoms. The average Bonchev–Trinajstić information content (AvgIpc) is 2.60. The SMILES string of the molecule is C=CCNc1ccc(N2C(N)=NC(N)=NC23CCCCC3)cc1[N+](=O)[O-]. The molecule has 2 aliphatic rings. The summed E-state index contributed by atoms with van der Waals surface area (Å²) in [6.45, 7) is 4.04. The third-order valence-electron chi connectivity index (χ3n) is 4.72. The highest BCUT2D eigenvalue weighted by Crippen LogP contribution is 2.41. The number of rotatable bonds is 5. The molecule has 0 atom stereocenters. The number of nitrogens with zero attached hydrogens (tertiary/aromatic N) is 4. The highest BCUT2D eigenvalue weighted by atomic mass is 16.6. The summed E-state index contributed by atoms with van der Waals surface area (Å²) in [5, 5.41) is 14.5. The number of nitrogens with two attached hydrogens (primary N) is 2. The molecule has 1 heterocycles. The fourth-order valence-electron chi connectivity index (χ4n) is 3.64. The second kappa shape index (κ2) is 7.03. The summed E-state index contributed by atoms with van der Waals surface area (Å²) in [6, 6.07) is 4.96. The van der Waals surface area contributed by atoms with Crippen molar-refractivity contribution < 1.29 is 4.92 Å². The van der Waals surface area contributed by atoms with Crippen molar-refractivity contribution in [2.45, 2.75) is 37.8 Å². The Hall–Kier alpha value is -3.10. The van der Waals surface area contributed by atoms with Crippen LogP contribution < -0.4 is 21.7 Å². The lowest BCUT2D eigenvalue weighted by atomic mass is 9.87. The first-order valence-corrected chi connectivity index (χ1v) is 8.60. The molecule has 9 nitrogen and oxygen atoms in total. The molecule has 1 aliphatic carbocycles. The van der Waals surface area contributed by atoms with E-state index in [4.69, 9.17) is 11.5 Å². The number of nitro benzene ring substituents is 1. The van der Waals surface area contributed by atoms with Crippen LogP contribution in [0.3, 0.4) is 0 Å². The Balaban J connectivity index is 2.05. The second-order valence-electron chi connectivity index (χ2n) is 6.45. The van der Waals surface area contributed by atoms with Gasteiger partial charge in [0.05, 0.1) is 10.6 Å². The van der Waals surface area contributed by atoms with Crippen molar-refractivity contribution in [2.75, 3.05) is 16.8 Å². The summed E-state index contributed by atoms with van der Waals surface area (Å²) in [6.07, 6.45) is 6.28. The highest BCUT2D eigenvalue weighted by molar-refractivity contribution is 6.05. The zero-order valence-electron chi connectivity index (χ0n) is 14.5. The molecule has 3 rings (SSSR count). The second-order valence-corrected chi connectivity index (χ2v) is 6.45. The van der Waals surface area contributed by atoms with E-state index in [2.05, 4.69) is 21.9 Å². The molecule has 0 bridgehead atoms. The van der Waals surface area contributed by atoms with Crippen LogP contribution >= 0.6 is 0 Å². The van der Waals surface area contributed by atoms with Gasteiger partial charge in [-0.15, -0.1) is 6.58 Å². The van der Waals surface area contributed by atoms with E-state index in [1.807, 2.05) is 0 Å². The minimum atomic E-state index is -0.627. The van der Waals surface area contributed by atoms with Crippen molar-refractivity contribution in [3.8, 4) is 0 Å². The lowest BCUT2D eigenvalue weighted by Gasteiger charge is -2.45. The summed E-state index contributed by atoms with van der Waals surface area (Å²) < 4.78 is 0. The van der Waals surface area contributed by atoms with Crippen LogP contribution in [0.5, 0.6) is 0 Å². The van der Waals surface area contributed by atoms with E-state index in [0.29, 0.717) is 17.9 Å². The zero-order valence-corrected chi connectivity index (χ0v) is 14.5. The molecule has 9 heteroatoms. The number of hydrogen-bond acceptors (Lipinski definition) is 8. The Labute approximate surface area is 151 Å². The van der Waals surface area contributed by atoms with E-state index in [1.165, 1.54) is 6.07 Å². The Morgan fingerprint density at radius 1 is 1.35 bits per heavy atom. The van der Waals surface area contributed by atoms with Gasteiger partial charge in [-0.3, -0.25) is 15.0 Å². The van der Waals surface area contributed by atoms with Gasteiger partial charge >= 0.3 is 0 Å². The van der Waals surface area contributed by atoms with E-state index < -0.39 is 10.6 Å². The van der Waals surface area contributed by atoms with Gasteiger partial charge in [-0.25, -0.2) is 4.99 Å². The topological polar surface area (TPSA) is 135 Å². The number of nitro groups is 1. The van der Waals surface area contributed by atoms with E-state index in [9.17, 15) is 10.1 Å². The predicted octanol–water partition coefficient (Wildman–Crippen LogP) is 2.30. The molecular weight excluding hydrogens is 334 g/mol. The largest absolute Gasteiger partial charge is 0.376 e. The maximum Gasteiger partial charge on any atom is 0.294 e. The van der Waals surface area contributed by atoms with Crippen molar-refractivity contribution in [1.82, 2.24) is 0 Å². The van der Waals surface area contributed by atoms with Gasteiger partial charge in [0.15, 0.2) is 0 Å². The first kappa shape index (κ1) is 17.7. The van der Waals surface area contributed by atoms with Crippen LogP contribution in [0.4, 0.5) is 17.1 Å². The van der Waals surface area contributed by atoms with Gasteiger partial charge in [0.1, 0.15) is 11.4 Å². The van der Waals surface area contributed by atoms with Gasteiger partial charge in [0, 0.05) is 12.6 Å². The fourth-order valence-corrected chi connectivity index (χ4v) is 3.64. The van der Waals surface area contributed by atoms with Gasteiger partial charge in [-0.05, 0) is 37.8 Å². The van der Waals surface area contributed by atoms with Gasteiger partial charge in [0.2, 0.25) is 11.9 Å². The van der Waals surface area contributed by atoms with E-state index >= 15 is 0 Å². The Bertz CT molecular complexity index is 781. The van der Waals surface area contributed by atoms with Crippen molar-refractivity contribution in [3.05, 3.63) is 41.0 Å². The summed E-state index contributed by atoms with van der Waals surface area (Å²) in [7, 11) is 0. The van der Waals surface area contributed by atoms with Gasteiger partial charge in [0.25, 0.3) is 5.69 Å². The molecular formula is C17H23N7O2. The Morgan fingerprint density at radius 2 is 2.08 bits per heavy atom.